The van der Waals surface area contributed by atoms with E-state index < -0.39 is 11.9 Å². The molecular weight excluding hydrogens is 335 g/mol. The summed E-state index contributed by atoms with van der Waals surface area (Å²) in [5, 5.41) is 0. The summed E-state index contributed by atoms with van der Waals surface area (Å²) in [4.78, 5) is 23.3. The molecule has 4 nitrogen and oxygen atoms in total. The summed E-state index contributed by atoms with van der Waals surface area (Å²) in [6, 6.07) is 6.44. The minimum absolute atomic E-state index is 0.186. The summed E-state index contributed by atoms with van der Waals surface area (Å²) in [7, 11) is 1.28. The molecule has 0 amide bonds. The number of esters is 2. The standard InChI is InChI=1S/C12H13IO4/c1-8(7-13)17-12(15)10-6-4-3-5-9(10)11(14)16-2/h3-6,8H,7H2,1-2H3. The number of hydrogen-bond acceptors (Lipinski definition) is 4. The first-order chi connectivity index (χ1) is 8.10. The molecule has 0 N–H and O–H groups in total. The van der Waals surface area contributed by atoms with Crippen LogP contribution in [0.2, 0.25) is 0 Å². The highest BCUT2D eigenvalue weighted by Crippen LogP contribution is 2.13. The number of hydrogen-bond donors (Lipinski definition) is 0. The van der Waals surface area contributed by atoms with E-state index in [-0.39, 0.29) is 17.2 Å². The molecule has 0 fully saturated rings. The van der Waals surface area contributed by atoms with Crippen molar-refractivity contribution in [3.63, 3.8) is 0 Å². The first kappa shape index (κ1) is 14.0. The zero-order valence-corrected chi connectivity index (χ0v) is 11.8. The van der Waals surface area contributed by atoms with Gasteiger partial charge in [0.2, 0.25) is 0 Å². The van der Waals surface area contributed by atoms with Crippen molar-refractivity contribution in [1.29, 1.82) is 0 Å². The minimum atomic E-state index is -0.542. The topological polar surface area (TPSA) is 52.6 Å². The molecule has 0 aliphatic heterocycles. The monoisotopic (exact) mass is 348 g/mol. The van der Waals surface area contributed by atoms with Gasteiger partial charge in [-0.1, -0.05) is 34.7 Å². The van der Waals surface area contributed by atoms with Crippen LogP contribution in [0.4, 0.5) is 0 Å². The van der Waals surface area contributed by atoms with Crippen LogP contribution in [0.1, 0.15) is 27.6 Å². The maximum atomic E-state index is 11.8. The zero-order valence-electron chi connectivity index (χ0n) is 9.60. The van der Waals surface area contributed by atoms with Crippen molar-refractivity contribution in [2.45, 2.75) is 13.0 Å². The average molecular weight is 348 g/mol. The summed E-state index contributed by atoms with van der Waals surface area (Å²) in [6.45, 7) is 1.80. The van der Waals surface area contributed by atoms with Crippen LogP contribution in [0.5, 0.6) is 0 Å². The molecule has 1 rings (SSSR count). The predicted octanol–water partition coefficient (Wildman–Crippen LogP) is 2.45. The second-order valence-corrected chi connectivity index (χ2v) is 4.29. The molecule has 1 aromatic carbocycles. The Hall–Kier alpha value is -1.11. The molecule has 17 heavy (non-hydrogen) atoms. The van der Waals surface area contributed by atoms with Gasteiger partial charge in [0.15, 0.2) is 0 Å². The molecule has 92 valence electrons. The molecule has 0 heterocycles. The maximum absolute atomic E-state index is 11.8. The van der Waals surface area contributed by atoms with E-state index in [1.165, 1.54) is 13.2 Å². The Morgan fingerprint density at radius 3 is 2.24 bits per heavy atom. The van der Waals surface area contributed by atoms with Gasteiger partial charge in [-0.2, -0.15) is 0 Å². The van der Waals surface area contributed by atoms with Crippen LogP contribution >= 0.6 is 22.6 Å². The molecular formula is C12H13IO4. The fraction of sp³-hybridized carbons (Fsp3) is 0.333. The highest BCUT2D eigenvalue weighted by Gasteiger charge is 2.19. The van der Waals surface area contributed by atoms with Crippen LogP contribution in [0.15, 0.2) is 24.3 Å². The fourth-order valence-corrected chi connectivity index (χ4v) is 1.41. The van der Waals surface area contributed by atoms with E-state index in [1.54, 1.807) is 25.1 Å². The largest absolute Gasteiger partial charge is 0.465 e. The third-order valence-electron chi connectivity index (χ3n) is 2.08. The summed E-state index contributed by atoms with van der Waals surface area (Å²) in [5.41, 5.74) is 0.455. The van der Waals surface area contributed by atoms with Crippen molar-refractivity contribution in [2.75, 3.05) is 11.5 Å². The fourth-order valence-electron chi connectivity index (χ4n) is 1.23. The summed E-state index contributed by atoms with van der Waals surface area (Å²) in [5.74, 6) is -1.05. The lowest BCUT2D eigenvalue weighted by Crippen LogP contribution is -2.19. The van der Waals surface area contributed by atoms with Gasteiger partial charge in [-0.25, -0.2) is 9.59 Å². The van der Waals surface area contributed by atoms with Crippen molar-refractivity contribution < 1.29 is 19.1 Å². The first-order valence-electron chi connectivity index (χ1n) is 5.04. The predicted molar refractivity (Wildman–Crippen MR) is 71.5 cm³/mol. The van der Waals surface area contributed by atoms with Crippen molar-refractivity contribution in [2.24, 2.45) is 0 Å². The van der Waals surface area contributed by atoms with Crippen molar-refractivity contribution in [3.05, 3.63) is 35.4 Å². The summed E-state index contributed by atoms with van der Waals surface area (Å²) < 4.78 is 10.5. The van der Waals surface area contributed by atoms with E-state index in [9.17, 15) is 9.59 Å². The highest BCUT2D eigenvalue weighted by atomic mass is 127. The Morgan fingerprint density at radius 1 is 1.24 bits per heavy atom. The van der Waals surface area contributed by atoms with Gasteiger partial charge in [0.25, 0.3) is 0 Å². The molecule has 1 aromatic rings. The number of carbonyl (C=O) groups excluding carboxylic acids is 2. The third kappa shape index (κ3) is 3.69. The second kappa shape index (κ2) is 6.58. The molecule has 0 saturated carbocycles. The molecule has 1 unspecified atom stereocenters. The number of alkyl halides is 1. The minimum Gasteiger partial charge on any atom is -0.465 e. The van der Waals surface area contributed by atoms with E-state index in [0.717, 1.165) is 0 Å². The molecule has 0 aliphatic carbocycles. The number of rotatable bonds is 4. The van der Waals surface area contributed by atoms with Gasteiger partial charge in [-0.05, 0) is 19.1 Å². The Labute approximate surface area is 113 Å². The molecule has 0 spiro atoms. The lowest BCUT2D eigenvalue weighted by Gasteiger charge is -2.11. The van der Waals surface area contributed by atoms with Gasteiger partial charge >= 0.3 is 11.9 Å². The number of halogens is 1. The van der Waals surface area contributed by atoms with Gasteiger partial charge in [-0.15, -0.1) is 0 Å². The van der Waals surface area contributed by atoms with Gasteiger partial charge in [0, 0.05) is 4.43 Å². The van der Waals surface area contributed by atoms with Crippen LogP contribution in [-0.2, 0) is 9.47 Å². The van der Waals surface area contributed by atoms with Crippen molar-refractivity contribution in [3.8, 4) is 0 Å². The van der Waals surface area contributed by atoms with E-state index >= 15 is 0 Å². The van der Waals surface area contributed by atoms with Crippen LogP contribution in [-0.4, -0.2) is 29.6 Å². The zero-order chi connectivity index (χ0) is 12.8. The van der Waals surface area contributed by atoms with Crippen molar-refractivity contribution in [1.82, 2.24) is 0 Å². The molecule has 1 atom stereocenters. The number of benzene rings is 1. The van der Waals surface area contributed by atoms with E-state index in [2.05, 4.69) is 27.3 Å². The quantitative estimate of drug-likeness (QED) is 0.477. The Morgan fingerprint density at radius 2 is 1.76 bits per heavy atom. The molecule has 0 bridgehead atoms. The lowest BCUT2D eigenvalue weighted by atomic mass is 10.1. The van der Waals surface area contributed by atoms with Crippen LogP contribution in [0.25, 0.3) is 0 Å². The average Bonchev–Trinajstić information content (AvgIpc) is 2.37. The summed E-state index contributed by atoms with van der Waals surface area (Å²) >= 11 is 2.13. The number of methoxy groups -OCH3 is 1. The van der Waals surface area contributed by atoms with E-state index in [0.29, 0.717) is 4.43 Å². The van der Waals surface area contributed by atoms with Crippen LogP contribution < -0.4 is 0 Å². The van der Waals surface area contributed by atoms with Gasteiger partial charge in [0.1, 0.15) is 6.10 Å². The molecule has 0 aliphatic rings. The Bertz CT molecular complexity index is 417. The van der Waals surface area contributed by atoms with Gasteiger partial charge in [-0.3, -0.25) is 0 Å². The normalized spacial score (nSPS) is 11.7. The third-order valence-corrected chi connectivity index (χ3v) is 3.32. The Kier molecular flexibility index (Phi) is 5.40. The van der Waals surface area contributed by atoms with Crippen LogP contribution in [0, 0.1) is 0 Å². The first-order valence-corrected chi connectivity index (χ1v) is 6.57. The smallest absolute Gasteiger partial charge is 0.339 e. The number of ether oxygens (including phenoxy) is 2. The highest BCUT2D eigenvalue weighted by molar-refractivity contribution is 14.1. The van der Waals surface area contributed by atoms with Gasteiger partial charge < -0.3 is 9.47 Å². The van der Waals surface area contributed by atoms with Crippen LogP contribution in [0.3, 0.4) is 0 Å². The SMILES string of the molecule is COC(=O)c1ccccc1C(=O)OC(C)CI. The molecule has 0 aromatic heterocycles. The van der Waals surface area contributed by atoms with E-state index in [1.807, 2.05) is 0 Å². The van der Waals surface area contributed by atoms with E-state index in [4.69, 9.17) is 4.74 Å². The molecule has 0 radical (unpaired) electrons. The van der Waals surface area contributed by atoms with Crippen molar-refractivity contribution >= 4 is 34.5 Å². The summed E-state index contributed by atoms with van der Waals surface area (Å²) in [6.07, 6.45) is -0.186. The molecule has 5 heteroatoms. The Balaban J connectivity index is 2.97. The lowest BCUT2D eigenvalue weighted by molar-refractivity contribution is 0.0380. The number of carbonyl (C=O) groups is 2. The molecule has 0 saturated heterocycles. The maximum Gasteiger partial charge on any atom is 0.339 e. The van der Waals surface area contributed by atoms with Gasteiger partial charge in [0.05, 0.1) is 18.2 Å². The second-order valence-electron chi connectivity index (χ2n) is 3.41.